The first-order valence-electron chi connectivity index (χ1n) is 8.42. The fourth-order valence-corrected chi connectivity index (χ4v) is 3.08. The molecule has 22 heavy (non-hydrogen) atoms. The van der Waals surface area contributed by atoms with Gasteiger partial charge in [0.15, 0.2) is 0 Å². The second kappa shape index (κ2) is 8.30. The number of carbonyl (C=O) groups is 1. The number of nitrogens with zero attached hydrogens (tertiary/aromatic N) is 2. The summed E-state index contributed by atoms with van der Waals surface area (Å²) in [7, 11) is 0. The van der Waals surface area contributed by atoms with Crippen LogP contribution in [0.15, 0.2) is 24.3 Å². The molecule has 0 spiro atoms. The minimum Gasteiger partial charge on any atom is -0.395 e. The Labute approximate surface area is 133 Å². The highest BCUT2D eigenvalue weighted by Gasteiger charge is 2.25. The third-order valence-corrected chi connectivity index (χ3v) is 4.54. The first-order chi connectivity index (χ1) is 10.7. The summed E-state index contributed by atoms with van der Waals surface area (Å²) in [5.74, 6) is 0.125. The van der Waals surface area contributed by atoms with Crippen LogP contribution in [0.2, 0.25) is 0 Å². The fraction of sp³-hybridized carbons (Fsp3) is 0.611. The number of carbonyl (C=O) groups excluding carboxylic acids is 1. The summed E-state index contributed by atoms with van der Waals surface area (Å²) in [6, 6.07) is 8.24. The van der Waals surface area contributed by atoms with Crippen LogP contribution >= 0.6 is 0 Å². The third-order valence-electron chi connectivity index (χ3n) is 4.54. The van der Waals surface area contributed by atoms with Crippen molar-refractivity contribution in [1.82, 2.24) is 9.80 Å². The summed E-state index contributed by atoms with van der Waals surface area (Å²) in [5, 5.41) is 9.38. The van der Waals surface area contributed by atoms with Gasteiger partial charge in [0.2, 0.25) is 0 Å². The Kier molecular flexibility index (Phi) is 6.40. The summed E-state index contributed by atoms with van der Waals surface area (Å²) >= 11 is 0. The van der Waals surface area contributed by atoms with E-state index in [-0.39, 0.29) is 18.6 Å². The van der Waals surface area contributed by atoms with Crippen molar-refractivity contribution in [3.05, 3.63) is 35.4 Å². The van der Waals surface area contributed by atoms with Crippen molar-refractivity contribution in [2.45, 2.75) is 39.2 Å². The highest BCUT2D eigenvalue weighted by atomic mass is 16.3. The molecule has 1 aliphatic rings. The summed E-state index contributed by atoms with van der Waals surface area (Å²) < 4.78 is 0. The minimum atomic E-state index is 0.125. The number of hydrogen-bond donors (Lipinski definition) is 1. The smallest absolute Gasteiger partial charge is 0.253 e. The van der Waals surface area contributed by atoms with Gasteiger partial charge in [-0.15, -0.1) is 0 Å². The van der Waals surface area contributed by atoms with Crippen molar-refractivity contribution in [1.29, 1.82) is 0 Å². The van der Waals surface area contributed by atoms with Crippen molar-refractivity contribution in [2.75, 3.05) is 32.8 Å². The molecule has 4 nitrogen and oxygen atoms in total. The molecule has 1 heterocycles. The van der Waals surface area contributed by atoms with Crippen LogP contribution < -0.4 is 0 Å². The van der Waals surface area contributed by atoms with Crippen molar-refractivity contribution in [3.8, 4) is 0 Å². The predicted molar refractivity (Wildman–Crippen MR) is 89.1 cm³/mol. The molecule has 1 saturated heterocycles. The van der Waals surface area contributed by atoms with Crippen LogP contribution in [0, 0.1) is 0 Å². The van der Waals surface area contributed by atoms with Gasteiger partial charge in [0.05, 0.1) is 6.61 Å². The van der Waals surface area contributed by atoms with Gasteiger partial charge in [-0.25, -0.2) is 0 Å². The van der Waals surface area contributed by atoms with Crippen molar-refractivity contribution in [3.63, 3.8) is 0 Å². The number of aryl methyl sites for hydroxylation is 1. The van der Waals surface area contributed by atoms with E-state index in [9.17, 15) is 9.90 Å². The Morgan fingerprint density at radius 2 is 1.77 bits per heavy atom. The minimum absolute atomic E-state index is 0.125. The Hall–Kier alpha value is -1.39. The van der Waals surface area contributed by atoms with E-state index in [1.807, 2.05) is 17.0 Å². The molecule has 0 radical (unpaired) electrons. The molecule has 0 aliphatic carbocycles. The summed E-state index contributed by atoms with van der Waals surface area (Å²) in [5.41, 5.74) is 2.07. The number of aliphatic hydroxyl groups is 1. The monoisotopic (exact) mass is 304 g/mol. The molecule has 1 aromatic carbocycles. The lowest BCUT2D eigenvalue weighted by molar-refractivity contribution is 0.0472. The Morgan fingerprint density at radius 3 is 2.27 bits per heavy atom. The van der Waals surface area contributed by atoms with Gasteiger partial charge >= 0.3 is 0 Å². The molecule has 1 N–H and O–H groups in total. The van der Waals surface area contributed by atoms with E-state index in [1.165, 1.54) is 5.56 Å². The van der Waals surface area contributed by atoms with Gasteiger partial charge in [0.1, 0.15) is 0 Å². The number of benzene rings is 1. The van der Waals surface area contributed by atoms with E-state index in [4.69, 9.17) is 0 Å². The molecule has 1 unspecified atom stereocenters. The molecule has 2 rings (SSSR count). The highest BCUT2D eigenvalue weighted by Crippen LogP contribution is 2.13. The lowest BCUT2D eigenvalue weighted by Crippen LogP contribution is -2.52. The van der Waals surface area contributed by atoms with Crippen LogP contribution in [-0.4, -0.2) is 59.6 Å². The Bertz CT molecular complexity index is 460. The number of hydrogen-bond acceptors (Lipinski definition) is 3. The maximum atomic E-state index is 12.5. The maximum Gasteiger partial charge on any atom is 0.253 e. The van der Waals surface area contributed by atoms with Gasteiger partial charge in [-0.05, 0) is 30.5 Å². The van der Waals surface area contributed by atoms with E-state index in [0.717, 1.165) is 51.0 Å². The zero-order chi connectivity index (χ0) is 15.9. The Balaban J connectivity index is 1.91. The molecular weight excluding hydrogens is 276 g/mol. The average Bonchev–Trinajstić information content (AvgIpc) is 2.57. The van der Waals surface area contributed by atoms with Gasteiger partial charge in [-0.3, -0.25) is 9.69 Å². The van der Waals surface area contributed by atoms with E-state index in [2.05, 4.69) is 30.9 Å². The van der Waals surface area contributed by atoms with Gasteiger partial charge in [-0.1, -0.05) is 32.4 Å². The first kappa shape index (κ1) is 17.0. The van der Waals surface area contributed by atoms with E-state index < -0.39 is 0 Å². The van der Waals surface area contributed by atoms with Gasteiger partial charge < -0.3 is 10.0 Å². The molecule has 122 valence electrons. The van der Waals surface area contributed by atoms with E-state index in [1.54, 1.807) is 0 Å². The first-order valence-corrected chi connectivity index (χ1v) is 8.42. The number of aliphatic hydroxyl groups excluding tert-OH is 1. The molecule has 1 fully saturated rings. The standard InChI is InChI=1S/C18H28N2O2/c1-3-5-15-6-8-16(9-7-15)18(22)20-12-10-19(11-13-20)17(4-2)14-21/h6-9,17,21H,3-5,10-14H2,1-2H3. The van der Waals surface area contributed by atoms with Crippen molar-refractivity contribution in [2.24, 2.45) is 0 Å². The van der Waals surface area contributed by atoms with Gasteiger partial charge in [0, 0.05) is 37.8 Å². The van der Waals surface area contributed by atoms with Crippen LogP contribution in [-0.2, 0) is 6.42 Å². The summed E-state index contributed by atoms with van der Waals surface area (Å²) in [4.78, 5) is 16.8. The van der Waals surface area contributed by atoms with Crippen LogP contribution in [0.3, 0.4) is 0 Å². The van der Waals surface area contributed by atoms with E-state index >= 15 is 0 Å². The molecule has 1 aliphatic heterocycles. The third kappa shape index (κ3) is 4.08. The van der Waals surface area contributed by atoms with Crippen LogP contribution in [0.4, 0.5) is 0 Å². The molecule has 0 aromatic heterocycles. The molecule has 1 atom stereocenters. The molecule has 0 bridgehead atoms. The van der Waals surface area contributed by atoms with Crippen LogP contribution in [0.1, 0.15) is 42.6 Å². The maximum absolute atomic E-state index is 12.5. The normalized spacial score (nSPS) is 17.5. The molecule has 1 aromatic rings. The van der Waals surface area contributed by atoms with E-state index in [0.29, 0.717) is 0 Å². The molecule has 1 amide bonds. The van der Waals surface area contributed by atoms with Crippen LogP contribution in [0.5, 0.6) is 0 Å². The SMILES string of the molecule is CCCc1ccc(C(=O)N2CCN(C(CC)CO)CC2)cc1. The second-order valence-corrected chi connectivity index (χ2v) is 6.02. The Morgan fingerprint density at radius 1 is 1.14 bits per heavy atom. The molecule has 0 saturated carbocycles. The zero-order valence-electron chi connectivity index (χ0n) is 13.8. The number of rotatable bonds is 6. The number of amides is 1. The topological polar surface area (TPSA) is 43.8 Å². The highest BCUT2D eigenvalue weighted by molar-refractivity contribution is 5.94. The zero-order valence-corrected chi connectivity index (χ0v) is 13.8. The fourth-order valence-electron chi connectivity index (χ4n) is 3.08. The summed E-state index contributed by atoms with van der Waals surface area (Å²) in [6.07, 6.45) is 3.13. The van der Waals surface area contributed by atoms with Crippen LogP contribution in [0.25, 0.3) is 0 Å². The quantitative estimate of drug-likeness (QED) is 0.876. The molecular formula is C18H28N2O2. The lowest BCUT2D eigenvalue weighted by Gasteiger charge is -2.38. The molecule has 4 heteroatoms. The van der Waals surface area contributed by atoms with Gasteiger partial charge in [0.25, 0.3) is 5.91 Å². The number of piperazine rings is 1. The van der Waals surface area contributed by atoms with Crippen molar-refractivity contribution >= 4 is 5.91 Å². The summed E-state index contributed by atoms with van der Waals surface area (Å²) in [6.45, 7) is 7.63. The second-order valence-electron chi connectivity index (χ2n) is 6.02. The van der Waals surface area contributed by atoms with Gasteiger partial charge in [-0.2, -0.15) is 0 Å². The lowest BCUT2D eigenvalue weighted by atomic mass is 10.1. The predicted octanol–water partition coefficient (Wildman–Crippen LogP) is 2.17. The largest absolute Gasteiger partial charge is 0.395 e. The average molecular weight is 304 g/mol. The van der Waals surface area contributed by atoms with Crippen molar-refractivity contribution < 1.29 is 9.90 Å².